The fraction of sp³-hybridized carbons (Fsp3) is 0.471. The van der Waals surface area contributed by atoms with Gasteiger partial charge >= 0.3 is 0 Å². The van der Waals surface area contributed by atoms with Gasteiger partial charge in [-0.25, -0.2) is 8.42 Å². The van der Waals surface area contributed by atoms with E-state index in [1.807, 2.05) is 0 Å². The smallest absolute Gasteiger partial charge is 0.257 e. The number of piperidine rings is 1. The molecule has 1 N–H and O–H groups in total. The number of carbonyl (C=O) groups excluding carboxylic acids is 1. The highest BCUT2D eigenvalue weighted by Gasteiger charge is 2.26. The van der Waals surface area contributed by atoms with Gasteiger partial charge < -0.3 is 0 Å². The molecule has 10 heteroatoms. The molecular formula is C17H22N4O3S3. The van der Waals surface area contributed by atoms with Gasteiger partial charge in [-0.3, -0.25) is 10.1 Å². The summed E-state index contributed by atoms with van der Waals surface area (Å²) in [6.45, 7) is 5.16. The molecule has 2 heterocycles. The lowest BCUT2D eigenvalue weighted by atomic mass is 10.2. The van der Waals surface area contributed by atoms with E-state index in [1.165, 1.54) is 27.8 Å². The number of sulfonamides is 1. The zero-order valence-electron chi connectivity index (χ0n) is 15.2. The molecular weight excluding hydrogens is 404 g/mol. The van der Waals surface area contributed by atoms with E-state index in [0.717, 1.165) is 23.6 Å². The van der Waals surface area contributed by atoms with Crippen LogP contribution in [0.2, 0.25) is 0 Å². The maximum atomic E-state index is 12.8. The summed E-state index contributed by atoms with van der Waals surface area (Å²) in [5, 5.41) is 11.5. The van der Waals surface area contributed by atoms with Crippen molar-refractivity contribution in [2.24, 2.45) is 0 Å². The van der Waals surface area contributed by atoms with Crippen LogP contribution in [0, 0.1) is 0 Å². The molecule has 1 aromatic carbocycles. The Hall–Kier alpha value is -1.49. The molecule has 1 aliphatic rings. The second-order valence-corrected chi connectivity index (χ2v) is 11.2. The molecule has 0 aliphatic carbocycles. The van der Waals surface area contributed by atoms with E-state index in [-0.39, 0.29) is 10.5 Å². The molecule has 3 rings (SSSR count). The topological polar surface area (TPSA) is 92.3 Å². The average Bonchev–Trinajstić information content (AvgIpc) is 3.08. The molecule has 1 aliphatic heterocycles. The largest absolute Gasteiger partial charge is 0.296 e. The van der Waals surface area contributed by atoms with Gasteiger partial charge in [-0.1, -0.05) is 49.4 Å². The van der Waals surface area contributed by atoms with E-state index in [9.17, 15) is 13.2 Å². The maximum absolute atomic E-state index is 12.8. The lowest BCUT2D eigenvalue weighted by Gasteiger charge is -2.26. The third-order valence-corrected chi connectivity index (χ3v) is 7.83. The molecule has 0 radical (unpaired) electrons. The first-order valence-corrected chi connectivity index (χ1v) is 11.9. The monoisotopic (exact) mass is 426 g/mol. The Labute approximate surface area is 167 Å². The molecule has 7 nitrogen and oxygen atoms in total. The number of benzene rings is 1. The number of hydrogen-bond donors (Lipinski definition) is 1. The molecule has 146 valence electrons. The summed E-state index contributed by atoms with van der Waals surface area (Å²) < 4.78 is 27.9. The van der Waals surface area contributed by atoms with Crippen molar-refractivity contribution >= 4 is 44.2 Å². The number of thioether (sulfide) groups is 1. The number of amides is 1. The molecule has 1 fully saturated rings. The Morgan fingerprint density at radius 2 is 1.96 bits per heavy atom. The highest BCUT2D eigenvalue weighted by atomic mass is 32.2. The molecule has 0 unspecified atom stereocenters. The number of aromatic nitrogens is 2. The van der Waals surface area contributed by atoms with Crippen molar-refractivity contribution in [2.45, 2.75) is 47.6 Å². The van der Waals surface area contributed by atoms with Crippen LogP contribution in [-0.2, 0) is 10.0 Å². The Balaban J connectivity index is 1.74. The van der Waals surface area contributed by atoms with Gasteiger partial charge in [0.1, 0.15) is 0 Å². The van der Waals surface area contributed by atoms with Crippen LogP contribution >= 0.6 is 23.1 Å². The predicted octanol–water partition coefficient (Wildman–Crippen LogP) is 3.47. The highest BCUT2D eigenvalue weighted by molar-refractivity contribution is 8.01. The van der Waals surface area contributed by atoms with Crippen LogP contribution in [0.25, 0.3) is 0 Å². The zero-order chi connectivity index (χ0) is 19.4. The van der Waals surface area contributed by atoms with E-state index >= 15 is 0 Å². The van der Waals surface area contributed by atoms with Gasteiger partial charge in [0, 0.05) is 23.9 Å². The second kappa shape index (κ2) is 8.68. The Morgan fingerprint density at radius 3 is 2.67 bits per heavy atom. The first-order valence-electron chi connectivity index (χ1n) is 8.78. The lowest BCUT2D eigenvalue weighted by Crippen LogP contribution is -2.35. The Kier molecular flexibility index (Phi) is 6.51. The summed E-state index contributed by atoms with van der Waals surface area (Å²) in [6, 6.07) is 6.13. The van der Waals surface area contributed by atoms with Crippen molar-refractivity contribution in [3.8, 4) is 0 Å². The normalized spacial score (nSPS) is 15.8. The van der Waals surface area contributed by atoms with Crippen LogP contribution in [0.15, 0.2) is 33.5 Å². The minimum Gasteiger partial charge on any atom is -0.296 e. The van der Waals surface area contributed by atoms with E-state index in [1.54, 1.807) is 23.9 Å². The van der Waals surface area contributed by atoms with E-state index in [0.29, 0.717) is 23.5 Å². The van der Waals surface area contributed by atoms with E-state index < -0.39 is 15.9 Å². The summed E-state index contributed by atoms with van der Waals surface area (Å²) in [6.07, 6.45) is 2.79. The molecule has 1 amide bonds. The maximum Gasteiger partial charge on any atom is 0.257 e. The van der Waals surface area contributed by atoms with Crippen LogP contribution in [0.4, 0.5) is 5.13 Å². The quantitative estimate of drug-likeness (QED) is 0.562. The third kappa shape index (κ3) is 5.07. The SMILES string of the molecule is CC(C)Sc1nnc(NC(=O)c2cccc(S(=O)(=O)N3CCCCC3)c2)s1. The highest BCUT2D eigenvalue weighted by Crippen LogP contribution is 2.29. The fourth-order valence-corrected chi connectivity index (χ4v) is 6.26. The third-order valence-electron chi connectivity index (χ3n) is 4.01. The molecule has 27 heavy (non-hydrogen) atoms. The number of nitrogens with zero attached hydrogens (tertiary/aromatic N) is 3. The minimum atomic E-state index is -3.58. The molecule has 2 aromatic rings. The van der Waals surface area contributed by atoms with Crippen molar-refractivity contribution < 1.29 is 13.2 Å². The first kappa shape index (κ1) is 20.2. The molecule has 1 saturated heterocycles. The van der Waals surface area contributed by atoms with Crippen LogP contribution in [0.1, 0.15) is 43.5 Å². The summed E-state index contributed by atoms with van der Waals surface area (Å²) in [4.78, 5) is 12.7. The van der Waals surface area contributed by atoms with Crippen molar-refractivity contribution in [2.75, 3.05) is 18.4 Å². The van der Waals surface area contributed by atoms with Crippen molar-refractivity contribution in [1.29, 1.82) is 0 Å². The molecule has 0 bridgehead atoms. The number of anilines is 1. The first-order chi connectivity index (χ1) is 12.9. The van der Waals surface area contributed by atoms with Gasteiger partial charge in [0.05, 0.1) is 4.90 Å². The second-order valence-electron chi connectivity index (χ2n) is 6.49. The fourth-order valence-electron chi connectivity index (χ4n) is 2.73. The summed E-state index contributed by atoms with van der Waals surface area (Å²) in [5.74, 6) is -0.400. The van der Waals surface area contributed by atoms with Gasteiger partial charge in [0.15, 0.2) is 4.34 Å². The van der Waals surface area contributed by atoms with Crippen LogP contribution in [0.3, 0.4) is 0 Å². The number of nitrogens with one attached hydrogen (secondary N) is 1. The van der Waals surface area contributed by atoms with E-state index in [4.69, 9.17) is 0 Å². The number of rotatable bonds is 6. The molecule has 0 spiro atoms. The van der Waals surface area contributed by atoms with Gasteiger partial charge in [0.25, 0.3) is 5.91 Å². The summed E-state index contributed by atoms with van der Waals surface area (Å²) >= 11 is 2.87. The standard InChI is InChI=1S/C17H22N4O3S3/c1-12(2)25-17-20-19-16(26-17)18-15(22)13-7-6-8-14(11-13)27(23,24)21-9-4-3-5-10-21/h6-8,11-12H,3-5,9-10H2,1-2H3,(H,18,19,22). The number of carbonyl (C=O) groups is 1. The molecule has 0 saturated carbocycles. The van der Waals surface area contributed by atoms with Crippen LogP contribution in [0.5, 0.6) is 0 Å². The lowest BCUT2D eigenvalue weighted by molar-refractivity contribution is 0.102. The zero-order valence-corrected chi connectivity index (χ0v) is 17.7. The van der Waals surface area contributed by atoms with Gasteiger partial charge in [-0.05, 0) is 31.0 Å². The van der Waals surface area contributed by atoms with Crippen molar-refractivity contribution in [3.63, 3.8) is 0 Å². The van der Waals surface area contributed by atoms with Gasteiger partial charge in [0.2, 0.25) is 15.2 Å². The van der Waals surface area contributed by atoms with Crippen LogP contribution < -0.4 is 5.32 Å². The molecule has 1 aromatic heterocycles. The number of hydrogen-bond acceptors (Lipinski definition) is 7. The predicted molar refractivity (Wildman–Crippen MR) is 108 cm³/mol. The average molecular weight is 427 g/mol. The van der Waals surface area contributed by atoms with Crippen molar-refractivity contribution in [1.82, 2.24) is 14.5 Å². The minimum absolute atomic E-state index is 0.144. The Bertz CT molecular complexity index is 906. The Morgan fingerprint density at radius 1 is 1.22 bits per heavy atom. The summed E-state index contributed by atoms with van der Waals surface area (Å²) in [5.41, 5.74) is 0.279. The van der Waals surface area contributed by atoms with Crippen molar-refractivity contribution in [3.05, 3.63) is 29.8 Å². The van der Waals surface area contributed by atoms with Gasteiger partial charge in [-0.2, -0.15) is 4.31 Å². The van der Waals surface area contributed by atoms with Crippen LogP contribution in [-0.4, -0.2) is 47.2 Å². The van der Waals surface area contributed by atoms with E-state index in [2.05, 4.69) is 29.4 Å². The molecule has 0 atom stereocenters. The summed E-state index contributed by atoms with van der Waals surface area (Å²) in [7, 11) is -3.58. The van der Waals surface area contributed by atoms with Gasteiger partial charge in [-0.15, -0.1) is 10.2 Å².